The second-order valence-corrected chi connectivity index (χ2v) is 21.3. The lowest BCUT2D eigenvalue weighted by Crippen LogP contribution is -2.61. The van der Waals surface area contributed by atoms with E-state index in [1.165, 1.54) is 199 Å². The summed E-state index contributed by atoms with van der Waals surface area (Å²) in [4.78, 5) is 13.1. The molecule has 0 spiro atoms. The van der Waals surface area contributed by atoms with Gasteiger partial charge in [-0.3, -0.25) is 9.35 Å². The Balaban J connectivity index is 2.39. The minimum atomic E-state index is -5.09. The van der Waals surface area contributed by atoms with E-state index in [1.54, 1.807) is 6.08 Å². The Morgan fingerprint density at radius 3 is 1.30 bits per heavy atom. The van der Waals surface area contributed by atoms with Crippen LogP contribution in [-0.2, 0) is 28.9 Å². The van der Waals surface area contributed by atoms with Gasteiger partial charge in [0.1, 0.15) is 24.4 Å². The second-order valence-electron chi connectivity index (χ2n) is 20.2. The molecule has 7 atom stereocenters. The maximum absolute atomic E-state index is 13.1. The summed E-state index contributed by atoms with van der Waals surface area (Å²) >= 11 is 0. The average Bonchev–Trinajstić information content (AvgIpc) is 3.32. The Morgan fingerprint density at radius 2 is 0.928 bits per heavy atom. The van der Waals surface area contributed by atoms with E-state index in [0.29, 0.717) is 6.42 Å². The van der Waals surface area contributed by atoms with Crippen LogP contribution >= 0.6 is 0 Å². The average molecular weight is 1000 g/mol. The molecule has 0 aromatic carbocycles. The first kappa shape index (κ1) is 65.6. The van der Waals surface area contributed by atoms with Gasteiger partial charge in [0.2, 0.25) is 5.91 Å². The number of carbonyl (C=O) groups is 1. The Morgan fingerprint density at radius 1 is 0.565 bits per heavy atom. The summed E-state index contributed by atoms with van der Waals surface area (Å²) in [5.74, 6) is -0.263. The second kappa shape index (κ2) is 46.4. The molecule has 0 saturated carbocycles. The lowest BCUT2D eigenvalue weighted by Gasteiger charge is -2.41. The molecule has 69 heavy (non-hydrogen) atoms. The van der Waals surface area contributed by atoms with Gasteiger partial charge < -0.3 is 35.2 Å². The molecule has 13 heteroatoms. The SMILES string of the molecule is CCCCCCCCCCCCC/C=C\CCCCCCCCCC(=O)NC(COC1OC(CO)C(O)C(OS(=O)(=O)O)C1O)C(O)/C=C/CCCCCCCCCCCCCCCCCCCC. The molecule has 6 N–H and O–H groups in total. The van der Waals surface area contributed by atoms with Crippen molar-refractivity contribution in [3.05, 3.63) is 24.3 Å². The molecular weight excluding hydrogens is 895 g/mol. The third-order valence-electron chi connectivity index (χ3n) is 13.7. The number of hydrogen-bond acceptors (Lipinski definition) is 10. The van der Waals surface area contributed by atoms with Crippen molar-refractivity contribution in [2.75, 3.05) is 13.2 Å². The van der Waals surface area contributed by atoms with E-state index in [2.05, 4.69) is 35.5 Å². The van der Waals surface area contributed by atoms with Crippen molar-refractivity contribution in [3.63, 3.8) is 0 Å². The van der Waals surface area contributed by atoms with E-state index >= 15 is 0 Å². The van der Waals surface area contributed by atoms with E-state index in [0.717, 1.165) is 44.9 Å². The number of rotatable bonds is 50. The molecule has 1 fully saturated rings. The van der Waals surface area contributed by atoms with Crippen molar-refractivity contribution in [3.8, 4) is 0 Å². The smallest absolute Gasteiger partial charge is 0.394 e. The number of aliphatic hydroxyl groups excluding tert-OH is 4. The Hall–Kier alpha value is -1.42. The molecule has 1 rings (SSSR count). The first-order valence-electron chi connectivity index (χ1n) is 28.7. The zero-order valence-electron chi connectivity index (χ0n) is 44.1. The topological polar surface area (TPSA) is 192 Å². The van der Waals surface area contributed by atoms with Gasteiger partial charge in [-0.25, -0.2) is 4.18 Å². The quantitative estimate of drug-likeness (QED) is 0.0193. The van der Waals surface area contributed by atoms with Crippen molar-refractivity contribution < 1.29 is 51.8 Å². The number of nitrogens with one attached hydrogen (secondary N) is 1. The summed E-state index contributed by atoms with van der Waals surface area (Å²) in [6, 6.07) is -0.945. The fraction of sp³-hybridized carbons (Fsp3) is 0.911. The van der Waals surface area contributed by atoms with Crippen LogP contribution in [0.1, 0.15) is 271 Å². The highest BCUT2D eigenvalue weighted by atomic mass is 32.3. The first-order valence-corrected chi connectivity index (χ1v) is 30.1. The van der Waals surface area contributed by atoms with Crippen LogP contribution in [0.4, 0.5) is 0 Å². The molecule has 12 nitrogen and oxygen atoms in total. The number of amides is 1. The van der Waals surface area contributed by atoms with E-state index in [1.807, 2.05) is 6.08 Å². The number of allylic oxidation sites excluding steroid dienone is 3. The monoisotopic (exact) mass is 1000 g/mol. The van der Waals surface area contributed by atoms with Crippen molar-refractivity contribution >= 4 is 16.3 Å². The van der Waals surface area contributed by atoms with E-state index in [9.17, 15) is 38.2 Å². The van der Waals surface area contributed by atoms with Gasteiger partial charge in [0.25, 0.3) is 0 Å². The molecule has 7 unspecified atom stereocenters. The molecule has 0 aromatic heterocycles. The predicted molar refractivity (Wildman–Crippen MR) is 282 cm³/mol. The van der Waals surface area contributed by atoms with Crippen LogP contribution in [0.15, 0.2) is 24.3 Å². The number of ether oxygens (including phenoxy) is 2. The van der Waals surface area contributed by atoms with Crippen LogP contribution in [0.3, 0.4) is 0 Å². The van der Waals surface area contributed by atoms with Gasteiger partial charge >= 0.3 is 10.4 Å². The van der Waals surface area contributed by atoms with E-state index < -0.39 is 59.9 Å². The molecule has 0 aromatic rings. The Labute approximate surface area is 422 Å². The number of hydrogen-bond donors (Lipinski definition) is 6. The van der Waals surface area contributed by atoms with Crippen LogP contribution in [0.25, 0.3) is 0 Å². The number of aliphatic hydroxyl groups is 4. The normalized spacial score (nSPS) is 19.8. The number of carbonyl (C=O) groups excluding carboxylic acids is 1. The first-order chi connectivity index (χ1) is 33.5. The van der Waals surface area contributed by atoms with Crippen LogP contribution in [-0.4, -0.2) is 95.4 Å². The van der Waals surface area contributed by atoms with Crippen LogP contribution in [0.2, 0.25) is 0 Å². The van der Waals surface area contributed by atoms with Crippen molar-refractivity contribution in [2.45, 2.75) is 314 Å². The largest absolute Gasteiger partial charge is 0.397 e. The minimum absolute atomic E-state index is 0.263. The summed E-state index contributed by atoms with van der Waals surface area (Å²) in [5, 5.41) is 45.0. The fourth-order valence-electron chi connectivity index (χ4n) is 9.28. The molecule has 0 radical (unpaired) electrons. The molecular formula is C56H107NO11S. The summed E-state index contributed by atoms with van der Waals surface area (Å²) in [6.07, 6.45) is 47.9. The molecule has 0 bridgehead atoms. The Kier molecular flexibility index (Phi) is 44.1. The maximum atomic E-state index is 13.1. The molecule has 1 heterocycles. The van der Waals surface area contributed by atoms with Gasteiger partial charge in [0.05, 0.1) is 25.4 Å². The molecule has 1 aliphatic rings. The van der Waals surface area contributed by atoms with Crippen molar-refractivity contribution in [1.82, 2.24) is 5.32 Å². The fourth-order valence-corrected chi connectivity index (χ4v) is 9.78. The summed E-state index contributed by atoms with van der Waals surface area (Å²) in [7, 11) is -5.09. The summed E-state index contributed by atoms with van der Waals surface area (Å²) in [5.41, 5.74) is 0. The van der Waals surface area contributed by atoms with Gasteiger partial charge in [0.15, 0.2) is 6.29 Å². The zero-order chi connectivity index (χ0) is 50.5. The van der Waals surface area contributed by atoms with Gasteiger partial charge in [0, 0.05) is 6.42 Å². The van der Waals surface area contributed by atoms with Crippen LogP contribution < -0.4 is 5.32 Å². The molecule has 1 amide bonds. The molecule has 408 valence electrons. The summed E-state index contributed by atoms with van der Waals surface area (Å²) < 4.78 is 47.8. The van der Waals surface area contributed by atoms with Gasteiger partial charge in [-0.05, 0) is 44.9 Å². The van der Waals surface area contributed by atoms with Gasteiger partial charge in [-0.2, -0.15) is 8.42 Å². The van der Waals surface area contributed by atoms with Gasteiger partial charge in [-0.15, -0.1) is 0 Å². The summed E-state index contributed by atoms with van der Waals surface area (Å²) in [6.45, 7) is 3.43. The molecule has 1 aliphatic heterocycles. The van der Waals surface area contributed by atoms with Gasteiger partial charge in [-0.1, -0.05) is 244 Å². The third-order valence-corrected chi connectivity index (χ3v) is 14.2. The van der Waals surface area contributed by atoms with Crippen molar-refractivity contribution in [1.29, 1.82) is 0 Å². The Bertz CT molecular complexity index is 1320. The zero-order valence-corrected chi connectivity index (χ0v) is 45.0. The van der Waals surface area contributed by atoms with E-state index in [4.69, 9.17) is 9.47 Å². The molecule has 0 aliphatic carbocycles. The number of unbranched alkanes of at least 4 members (excludes halogenated alkanes) is 36. The van der Waals surface area contributed by atoms with Crippen LogP contribution in [0.5, 0.6) is 0 Å². The highest BCUT2D eigenvalue weighted by molar-refractivity contribution is 7.80. The highest BCUT2D eigenvalue weighted by Crippen LogP contribution is 2.26. The lowest BCUT2D eigenvalue weighted by atomic mass is 9.99. The third kappa shape index (κ3) is 38.8. The van der Waals surface area contributed by atoms with Crippen LogP contribution in [0, 0.1) is 0 Å². The van der Waals surface area contributed by atoms with Crippen molar-refractivity contribution in [2.24, 2.45) is 0 Å². The maximum Gasteiger partial charge on any atom is 0.397 e. The lowest BCUT2D eigenvalue weighted by molar-refractivity contribution is -0.298. The highest BCUT2D eigenvalue weighted by Gasteiger charge is 2.48. The minimum Gasteiger partial charge on any atom is -0.394 e. The predicted octanol–water partition coefficient (Wildman–Crippen LogP) is 13.2. The standard InChI is InChI=1S/C56H107NO11S/c1-3-5-7-9-11-13-15-17-19-21-23-25-26-28-30-32-34-36-38-40-42-44-46-52(60)57-49(48-66-56-54(62)55(68-69(63,64)65)53(61)51(47-58)67-56)50(59)45-43-41-39-37-35-33-31-29-27-24-22-20-18-16-14-12-10-8-6-4-2/h26,28,43,45,49-51,53-56,58-59,61-62H,3-25,27,29-42,44,46-48H2,1-2H3,(H,57,60)(H,63,64,65)/b28-26-,45-43+. The van der Waals surface area contributed by atoms with E-state index in [-0.39, 0.29) is 18.9 Å². The molecule has 1 saturated heterocycles.